The Kier molecular flexibility index (Phi) is 4.33. The Morgan fingerprint density at radius 3 is 2.55 bits per heavy atom. The normalized spacial score (nSPS) is 22.4. The Morgan fingerprint density at radius 2 is 2.00 bits per heavy atom. The van der Waals surface area contributed by atoms with Crippen LogP contribution in [0.5, 0.6) is 0 Å². The highest BCUT2D eigenvalue weighted by Gasteiger charge is 2.45. The van der Waals surface area contributed by atoms with Crippen molar-refractivity contribution < 1.29 is 14.7 Å². The summed E-state index contributed by atoms with van der Waals surface area (Å²) < 4.78 is 0. The predicted molar refractivity (Wildman–Crippen MR) is 76.7 cm³/mol. The van der Waals surface area contributed by atoms with E-state index in [9.17, 15) is 9.59 Å². The minimum Gasteiger partial charge on any atom is -0.480 e. The lowest BCUT2D eigenvalue weighted by molar-refractivity contribution is -0.143. The van der Waals surface area contributed by atoms with Gasteiger partial charge < -0.3 is 10.4 Å². The largest absolute Gasteiger partial charge is 0.480 e. The average molecular weight is 296 g/mol. The van der Waals surface area contributed by atoms with Crippen molar-refractivity contribution in [3.8, 4) is 0 Å². The van der Waals surface area contributed by atoms with Gasteiger partial charge in [-0.15, -0.1) is 0 Å². The maximum Gasteiger partial charge on any atom is 0.326 e. The first-order valence-electron chi connectivity index (χ1n) is 6.69. The number of hydrogen-bond acceptors (Lipinski definition) is 2. The van der Waals surface area contributed by atoms with Crippen LogP contribution in [0.1, 0.15) is 31.7 Å². The predicted octanol–water partition coefficient (Wildman–Crippen LogP) is 2.67. The molecular weight excluding hydrogens is 278 g/mol. The molecule has 1 aromatic carbocycles. The van der Waals surface area contributed by atoms with E-state index < -0.39 is 12.0 Å². The van der Waals surface area contributed by atoms with Gasteiger partial charge in [-0.2, -0.15) is 0 Å². The number of aliphatic carboxylic acids is 1. The molecule has 0 spiro atoms. The second-order valence-electron chi connectivity index (χ2n) is 5.54. The highest BCUT2D eigenvalue weighted by molar-refractivity contribution is 6.31. The second-order valence-corrected chi connectivity index (χ2v) is 5.95. The summed E-state index contributed by atoms with van der Waals surface area (Å²) in [6.45, 7) is 3.55. The number of benzene rings is 1. The molecule has 1 amide bonds. The number of halogens is 1. The summed E-state index contributed by atoms with van der Waals surface area (Å²) in [6, 6.07) is 6.62. The summed E-state index contributed by atoms with van der Waals surface area (Å²) >= 11 is 6.11. The van der Waals surface area contributed by atoms with Crippen LogP contribution >= 0.6 is 11.6 Å². The molecule has 1 aliphatic rings. The molecule has 20 heavy (non-hydrogen) atoms. The van der Waals surface area contributed by atoms with E-state index in [1.54, 1.807) is 19.9 Å². The van der Waals surface area contributed by atoms with Gasteiger partial charge in [0.2, 0.25) is 5.91 Å². The van der Waals surface area contributed by atoms with Crippen LogP contribution in [0.15, 0.2) is 24.3 Å². The zero-order valence-corrected chi connectivity index (χ0v) is 12.2. The quantitative estimate of drug-likeness (QED) is 0.877. The van der Waals surface area contributed by atoms with Crippen LogP contribution in [0.3, 0.4) is 0 Å². The van der Waals surface area contributed by atoms with Crippen molar-refractivity contribution >= 4 is 23.5 Å². The first-order valence-corrected chi connectivity index (χ1v) is 7.07. The van der Waals surface area contributed by atoms with Crippen molar-refractivity contribution in [2.45, 2.75) is 32.2 Å². The van der Waals surface area contributed by atoms with Crippen LogP contribution in [0.25, 0.3) is 0 Å². The molecule has 0 saturated heterocycles. The highest BCUT2D eigenvalue weighted by Crippen LogP contribution is 2.49. The molecule has 3 atom stereocenters. The number of amides is 1. The molecule has 4 nitrogen and oxygen atoms in total. The third-order valence-corrected chi connectivity index (χ3v) is 4.01. The van der Waals surface area contributed by atoms with Gasteiger partial charge in [0.1, 0.15) is 6.04 Å². The van der Waals surface area contributed by atoms with Gasteiger partial charge in [0.25, 0.3) is 0 Å². The number of hydrogen-bond donors (Lipinski definition) is 2. The fraction of sp³-hybridized carbons (Fsp3) is 0.467. The monoisotopic (exact) mass is 295 g/mol. The van der Waals surface area contributed by atoms with E-state index in [2.05, 4.69) is 5.32 Å². The lowest BCUT2D eigenvalue weighted by Crippen LogP contribution is -2.45. The summed E-state index contributed by atoms with van der Waals surface area (Å²) in [5, 5.41) is 12.4. The SMILES string of the molecule is CC(C)[C@H](NC(=O)C1CC1c1ccccc1Cl)C(=O)O. The van der Waals surface area contributed by atoms with Crippen LogP contribution in [-0.2, 0) is 9.59 Å². The minimum absolute atomic E-state index is 0.102. The van der Waals surface area contributed by atoms with Crippen LogP contribution in [0, 0.1) is 11.8 Å². The fourth-order valence-corrected chi connectivity index (χ4v) is 2.65. The van der Waals surface area contributed by atoms with Crippen molar-refractivity contribution in [2.75, 3.05) is 0 Å². The van der Waals surface area contributed by atoms with E-state index in [1.807, 2.05) is 18.2 Å². The van der Waals surface area contributed by atoms with Gasteiger partial charge in [-0.05, 0) is 29.9 Å². The molecule has 0 aromatic heterocycles. The molecule has 108 valence electrons. The molecule has 2 N–H and O–H groups in total. The third kappa shape index (κ3) is 3.12. The number of carboxylic acids is 1. The molecule has 0 aliphatic heterocycles. The first-order chi connectivity index (χ1) is 9.41. The molecule has 0 bridgehead atoms. The van der Waals surface area contributed by atoms with Crippen LogP contribution in [-0.4, -0.2) is 23.0 Å². The van der Waals surface area contributed by atoms with E-state index in [-0.39, 0.29) is 23.7 Å². The Morgan fingerprint density at radius 1 is 1.35 bits per heavy atom. The van der Waals surface area contributed by atoms with Crippen molar-refractivity contribution in [1.29, 1.82) is 0 Å². The number of carbonyl (C=O) groups excluding carboxylic acids is 1. The molecule has 0 radical (unpaired) electrons. The Labute approximate surface area is 123 Å². The van der Waals surface area contributed by atoms with Gasteiger partial charge in [0.15, 0.2) is 0 Å². The van der Waals surface area contributed by atoms with Crippen LogP contribution < -0.4 is 5.32 Å². The van der Waals surface area contributed by atoms with Gasteiger partial charge in [-0.1, -0.05) is 43.6 Å². The van der Waals surface area contributed by atoms with E-state index >= 15 is 0 Å². The van der Waals surface area contributed by atoms with Crippen LogP contribution in [0.2, 0.25) is 5.02 Å². The zero-order valence-electron chi connectivity index (χ0n) is 11.5. The Bertz CT molecular complexity index is 530. The smallest absolute Gasteiger partial charge is 0.326 e. The number of nitrogens with one attached hydrogen (secondary N) is 1. The molecule has 2 unspecified atom stereocenters. The van der Waals surface area contributed by atoms with Gasteiger partial charge >= 0.3 is 5.97 Å². The van der Waals surface area contributed by atoms with Crippen molar-refractivity contribution in [1.82, 2.24) is 5.32 Å². The van der Waals surface area contributed by atoms with E-state index in [4.69, 9.17) is 16.7 Å². The lowest BCUT2D eigenvalue weighted by atomic mass is 10.0. The first kappa shape index (κ1) is 14.9. The summed E-state index contributed by atoms with van der Waals surface area (Å²) in [4.78, 5) is 23.2. The molecule has 1 fully saturated rings. The standard InChI is InChI=1S/C15H18ClNO3/c1-8(2)13(15(19)20)17-14(18)11-7-10(11)9-5-3-4-6-12(9)16/h3-6,8,10-11,13H,7H2,1-2H3,(H,17,18)(H,19,20)/t10?,11?,13-/m0/s1. The molecular formula is C15H18ClNO3. The third-order valence-electron chi connectivity index (χ3n) is 3.66. The maximum absolute atomic E-state index is 12.1. The van der Waals surface area contributed by atoms with Gasteiger partial charge in [-0.3, -0.25) is 4.79 Å². The summed E-state index contributed by atoms with van der Waals surface area (Å²) in [5.41, 5.74) is 0.964. The van der Waals surface area contributed by atoms with Gasteiger partial charge in [0.05, 0.1) is 0 Å². The number of carbonyl (C=O) groups is 2. The van der Waals surface area contributed by atoms with Gasteiger partial charge in [0, 0.05) is 10.9 Å². The Balaban J connectivity index is 2.00. The fourth-order valence-electron chi connectivity index (χ4n) is 2.38. The second kappa shape index (κ2) is 5.83. The highest BCUT2D eigenvalue weighted by atomic mass is 35.5. The zero-order chi connectivity index (χ0) is 14.9. The average Bonchev–Trinajstić information content (AvgIpc) is 3.15. The van der Waals surface area contributed by atoms with Crippen molar-refractivity contribution in [3.63, 3.8) is 0 Å². The molecule has 1 aliphatic carbocycles. The topological polar surface area (TPSA) is 66.4 Å². The summed E-state index contributed by atoms with van der Waals surface area (Å²) in [7, 11) is 0. The van der Waals surface area contributed by atoms with Crippen LogP contribution in [0.4, 0.5) is 0 Å². The number of carboxylic acid groups (broad SMARTS) is 1. The lowest BCUT2D eigenvalue weighted by Gasteiger charge is -2.17. The summed E-state index contributed by atoms with van der Waals surface area (Å²) in [6.07, 6.45) is 0.722. The molecule has 0 heterocycles. The van der Waals surface area contributed by atoms with E-state index in [0.717, 1.165) is 12.0 Å². The Hall–Kier alpha value is -1.55. The van der Waals surface area contributed by atoms with E-state index in [1.165, 1.54) is 0 Å². The number of rotatable bonds is 5. The summed E-state index contributed by atoms with van der Waals surface area (Å²) in [5.74, 6) is -1.41. The molecule has 1 saturated carbocycles. The molecule has 1 aromatic rings. The van der Waals surface area contributed by atoms with Crippen molar-refractivity contribution in [3.05, 3.63) is 34.9 Å². The maximum atomic E-state index is 12.1. The minimum atomic E-state index is -0.997. The van der Waals surface area contributed by atoms with Crippen molar-refractivity contribution in [2.24, 2.45) is 11.8 Å². The van der Waals surface area contributed by atoms with Gasteiger partial charge in [-0.25, -0.2) is 4.79 Å². The van der Waals surface area contributed by atoms with E-state index in [0.29, 0.717) is 5.02 Å². The molecule has 2 rings (SSSR count). The molecule has 5 heteroatoms.